The molecule has 0 spiro atoms. The number of likely N-dealkylation sites (tertiary alicyclic amines) is 1. The van der Waals surface area contributed by atoms with Crippen molar-refractivity contribution in [3.05, 3.63) is 29.8 Å². The van der Waals surface area contributed by atoms with E-state index in [1.807, 2.05) is 23.1 Å². The summed E-state index contributed by atoms with van der Waals surface area (Å²) in [6.45, 7) is 3.97. The highest BCUT2D eigenvalue weighted by molar-refractivity contribution is 5.97. The highest BCUT2D eigenvalue weighted by Gasteiger charge is 2.30. The number of hydrogen-bond acceptors (Lipinski definition) is 3. The normalized spacial score (nSPS) is 23.0. The lowest BCUT2D eigenvalue weighted by Gasteiger charge is -2.38. The molecule has 2 aliphatic rings. The van der Waals surface area contributed by atoms with Crippen LogP contribution < -0.4 is 10.6 Å². The summed E-state index contributed by atoms with van der Waals surface area (Å²) < 4.78 is 0. The Balaban J connectivity index is 0.00000225. The molecular weight excluding hydrogens is 338 g/mol. The van der Waals surface area contributed by atoms with Crippen LogP contribution in [0.25, 0.3) is 0 Å². The largest absolute Gasteiger partial charge is 0.338 e. The van der Waals surface area contributed by atoms with E-state index >= 15 is 0 Å². The third kappa shape index (κ3) is 4.33. The fourth-order valence-electron chi connectivity index (χ4n) is 3.90. The van der Waals surface area contributed by atoms with Crippen molar-refractivity contribution in [1.82, 2.24) is 4.90 Å². The fourth-order valence-corrected chi connectivity index (χ4v) is 3.90. The average Bonchev–Trinajstić information content (AvgIpc) is 2.60. The molecule has 2 unspecified atom stereocenters. The van der Waals surface area contributed by atoms with Crippen LogP contribution in [0.3, 0.4) is 0 Å². The number of anilines is 1. The van der Waals surface area contributed by atoms with Gasteiger partial charge >= 0.3 is 0 Å². The number of nitrogens with zero attached hydrogens (tertiary/aromatic N) is 2. The topological polar surface area (TPSA) is 66.6 Å². The highest BCUT2D eigenvalue weighted by Crippen LogP contribution is 2.28. The maximum Gasteiger partial charge on any atom is 0.227 e. The monoisotopic (exact) mass is 365 g/mol. The minimum absolute atomic E-state index is 0. The number of piperidine rings is 1. The Kier molecular flexibility index (Phi) is 6.85. The van der Waals surface area contributed by atoms with Gasteiger partial charge in [-0.25, -0.2) is 0 Å². The van der Waals surface area contributed by atoms with Crippen molar-refractivity contribution in [2.24, 2.45) is 11.7 Å². The Morgan fingerprint density at radius 2 is 2.04 bits per heavy atom. The molecule has 1 fully saturated rings. The molecule has 2 N–H and O–H groups in total. The summed E-state index contributed by atoms with van der Waals surface area (Å²) in [5, 5.41) is 0. The molecule has 2 aliphatic heterocycles. The predicted molar refractivity (Wildman–Crippen MR) is 102 cm³/mol. The smallest absolute Gasteiger partial charge is 0.227 e. The molecule has 6 heteroatoms. The molecule has 2 amide bonds. The van der Waals surface area contributed by atoms with Gasteiger partial charge in [0.1, 0.15) is 0 Å². The van der Waals surface area contributed by atoms with Gasteiger partial charge in [-0.2, -0.15) is 0 Å². The van der Waals surface area contributed by atoms with E-state index < -0.39 is 0 Å². The Morgan fingerprint density at radius 1 is 1.28 bits per heavy atom. The van der Waals surface area contributed by atoms with Crippen LogP contribution in [-0.4, -0.2) is 42.4 Å². The van der Waals surface area contributed by atoms with Gasteiger partial charge in [-0.05, 0) is 36.8 Å². The zero-order valence-electron chi connectivity index (χ0n) is 14.8. The molecule has 2 heterocycles. The van der Waals surface area contributed by atoms with Crippen LogP contribution in [-0.2, 0) is 16.0 Å². The fraction of sp³-hybridized carbons (Fsp3) is 0.579. The van der Waals surface area contributed by atoms with Crippen LogP contribution in [0.2, 0.25) is 0 Å². The maximum absolute atomic E-state index is 12.7. The summed E-state index contributed by atoms with van der Waals surface area (Å²) in [5.41, 5.74) is 8.01. The Bertz CT molecular complexity index is 622. The molecule has 0 aliphatic carbocycles. The van der Waals surface area contributed by atoms with E-state index in [2.05, 4.69) is 13.0 Å². The van der Waals surface area contributed by atoms with Crippen molar-refractivity contribution in [2.75, 3.05) is 24.5 Å². The van der Waals surface area contributed by atoms with Gasteiger partial charge in [0.15, 0.2) is 0 Å². The van der Waals surface area contributed by atoms with E-state index in [0.717, 1.165) is 31.5 Å². The van der Waals surface area contributed by atoms with Crippen LogP contribution >= 0.6 is 12.4 Å². The molecule has 1 saturated heterocycles. The summed E-state index contributed by atoms with van der Waals surface area (Å²) in [6.07, 6.45) is 3.70. The number of para-hydroxylation sites is 1. The number of aryl methyl sites for hydroxylation is 1. The summed E-state index contributed by atoms with van der Waals surface area (Å²) in [4.78, 5) is 28.7. The number of fused-ring (bicyclic) bond motifs is 1. The first-order chi connectivity index (χ1) is 11.6. The van der Waals surface area contributed by atoms with Gasteiger partial charge < -0.3 is 15.5 Å². The van der Waals surface area contributed by atoms with E-state index in [4.69, 9.17) is 5.73 Å². The summed E-state index contributed by atoms with van der Waals surface area (Å²) in [5.74, 6) is 0.857. The lowest BCUT2D eigenvalue weighted by Crippen LogP contribution is -2.50. The highest BCUT2D eigenvalue weighted by atomic mass is 35.5. The van der Waals surface area contributed by atoms with Crippen molar-refractivity contribution < 1.29 is 9.59 Å². The van der Waals surface area contributed by atoms with E-state index in [1.165, 1.54) is 5.56 Å². The average molecular weight is 366 g/mol. The quantitative estimate of drug-likeness (QED) is 0.890. The third-order valence-electron chi connectivity index (χ3n) is 5.31. The zero-order valence-corrected chi connectivity index (χ0v) is 15.6. The van der Waals surface area contributed by atoms with Gasteiger partial charge in [0, 0.05) is 44.2 Å². The van der Waals surface area contributed by atoms with Crippen LogP contribution in [0.15, 0.2) is 24.3 Å². The summed E-state index contributed by atoms with van der Waals surface area (Å²) >= 11 is 0. The molecule has 1 aromatic carbocycles. The lowest BCUT2D eigenvalue weighted by molar-refractivity contribution is -0.135. The molecule has 3 rings (SSSR count). The molecule has 0 bridgehead atoms. The first-order valence-electron chi connectivity index (χ1n) is 8.98. The van der Waals surface area contributed by atoms with Gasteiger partial charge in [-0.1, -0.05) is 25.1 Å². The number of amides is 2. The molecule has 0 radical (unpaired) electrons. The number of benzene rings is 1. The van der Waals surface area contributed by atoms with E-state index in [-0.39, 0.29) is 30.3 Å². The van der Waals surface area contributed by atoms with E-state index in [1.54, 1.807) is 4.90 Å². The van der Waals surface area contributed by atoms with Crippen molar-refractivity contribution in [3.8, 4) is 0 Å². The number of halogens is 1. The molecule has 2 atom stereocenters. The van der Waals surface area contributed by atoms with Gasteiger partial charge in [0.05, 0.1) is 0 Å². The number of rotatable bonds is 4. The SMILES string of the molecule is CC1CCN(C(=O)CCN2C(=O)CCc3ccccc32)C(CN)C1.Cl. The first kappa shape index (κ1) is 19.7. The van der Waals surface area contributed by atoms with Gasteiger partial charge in [-0.15, -0.1) is 12.4 Å². The zero-order chi connectivity index (χ0) is 17.1. The number of hydrogen-bond donors (Lipinski definition) is 1. The molecule has 138 valence electrons. The third-order valence-corrected chi connectivity index (χ3v) is 5.31. The summed E-state index contributed by atoms with van der Waals surface area (Å²) in [6, 6.07) is 8.13. The molecule has 25 heavy (non-hydrogen) atoms. The standard InChI is InChI=1S/C19H27N3O2.ClH/c1-14-8-10-21(16(12-14)13-20)19(24)9-11-22-17-5-3-2-4-15(17)6-7-18(22)23;/h2-5,14,16H,6-13,20H2,1H3;1H. The van der Waals surface area contributed by atoms with Crippen LogP contribution in [0.5, 0.6) is 0 Å². The predicted octanol–water partition coefficient (Wildman–Crippen LogP) is 2.36. The van der Waals surface area contributed by atoms with Crippen LogP contribution in [0, 0.1) is 5.92 Å². The van der Waals surface area contributed by atoms with Crippen LogP contribution in [0.4, 0.5) is 5.69 Å². The molecule has 1 aromatic rings. The Labute approximate surface area is 155 Å². The summed E-state index contributed by atoms with van der Waals surface area (Å²) in [7, 11) is 0. The number of carbonyl (C=O) groups is 2. The van der Waals surface area contributed by atoms with Crippen molar-refractivity contribution in [3.63, 3.8) is 0 Å². The number of carbonyl (C=O) groups excluding carboxylic acids is 2. The van der Waals surface area contributed by atoms with Gasteiger partial charge in [0.25, 0.3) is 0 Å². The van der Waals surface area contributed by atoms with Gasteiger partial charge in [0.2, 0.25) is 11.8 Å². The van der Waals surface area contributed by atoms with Crippen molar-refractivity contribution in [2.45, 2.75) is 45.1 Å². The Morgan fingerprint density at radius 3 is 2.80 bits per heavy atom. The van der Waals surface area contributed by atoms with E-state index in [9.17, 15) is 9.59 Å². The first-order valence-corrected chi connectivity index (χ1v) is 8.98. The van der Waals surface area contributed by atoms with E-state index in [0.29, 0.717) is 31.8 Å². The number of nitrogens with two attached hydrogens (primary N) is 1. The molecule has 5 nitrogen and oxygen atoms in total. The minimum Gasteiger partial charge on any atom is -0.338 e. The second-order valence-corrected chi connectivity index (χ2v) is 7.03. The lowest BCUT2D eigenvalue weighted by atomic mass is 9.92. The second-order valence-electron chi connectivity index (χ2n) is 7.03. The molecule has 0 saturated carbocycles. The Hall–Kier alpha value is -1.59. The van der Waals surface area contributed by atoms with Crippen LogP contribution in [0.1, 0.15) is 38.2 Å². The van der Waals surface area contributed by atoms with Crippen molar-refractivity contribution in [1.29, 1.82) is 0 Å². The molecule has 0 aromatic heterocycles. The second kappa shape index (κ2) is 8.68. The van der Waals surface area contributed by atoms with Crippen molar-refractivity contribution >= 4 is 29.9 Å². The maximum atomic E-state index is 12.7. The minimum atomic E-state index is 0. The van der Waals surface area contributed by atoms with Gasteiger partial charge in [-0.3, -0.25) is 9.59 Å². The molecular formula is C19H28ClN3O2.